The molecule has 0 spiro atoms. The molecule has 166 valence electrons. The lowest BCUT2D eigenvalue weighted by Gasteiger charge is -2.26. The Morgan fingerprint density at radius 3 is 2.60 bits per heavy atom. The largest absolute Gasteiger partial charge is 0.350 e. The van der Waals surface area contributed by atoms with Crippen LogP contribution in [0.3, 0.4) is 0 Å². The highest BCUT2D eigenvalue weighted by Gasteiger charge is 2.21. The Balaban J connectivity index is 1.24. The summed E-state index contributed by atoms with van der Waals surface area (Å²) in [5.41, 5.74) is 5.07. The summed E-state index contributed by atoms with van der Waals surface area (Å²) in [6, 6.07) is 6.47. The van der Waals surface area contributed by atoms with Crippen LogP contribution in [-0.2, 0) is 25.6 Å². The zero-order valence-corrected chi connectivity index (χ0v) is 19.2. The van der Waals surface area contributed by atoms with Crippen LogP contribution in [0.15, 0.2) is 22.7 Å². The summed E-state index contributed by atoms with van der Waals surface area (Å²) in [5, 5.41) is 3.20. The topological polar surface area (TPSA) is 76.7 Å². The molecule has 1 aromatic carbocycles. The van der Waals surface area contributed by atoms with E-state index in [0.717, 1.165) is 68.7 Å². The zero-order chi connectivity index (χ0) is 21.2. The number of benzene rings is 1. The van der Waals surface area contributed by atoms with Gasteiger partial charge in [0.1, 0.15) is 0 Å². The molecule has 2 aliphatic rings. The van der Waals surface area contributed by atoms with Crippen molar-refractivity contribution in [3.05, 3.63) is 33.8 Å². The molecule has 1 saturated heterocycles. The van der Waals surface area contributed by atoms with Gasteiger partial charge in [0.15, 0.2) is 6.29 Å². The normalized spacial score (nSPS) is 21.0. The summed E-state index contributed by atoms with van der Waals surface area (Å²) in [5.74, 6) is 0.0129. The van der Waals surface area contributed by atoms with Crippen molar-refractivity contribution in [2.75, 3.05) is 6.61 Å². The molecular formula is C23H33BrN2O4. The second-order valence-corrected chi connectivity index (χ2v) is 9.12. The number of amides is 2. The Morgan fingerprint density at radius 2 is 1.83 bits per heavy atom. The average Bonchev–Trinajstić information content (AvgIpc) is 2.75. The maximum Gasteiger partial charge on any atom is 0.243 e. The molecular weight excluding hydrogens is 448 g/mol. The van der Waals surface area contributed by atoms with Crippen LogP contribution in [0.1, 0.15) is 87.8 Å². The van der Waals surface area contributed by atoms with E-state index in [0.29, 0.717) is 19.4 Å². The van der Waals surface area contributed by atoms with Gasteiger partial charge < -0.3 is 10.1 Å². The monoisotopic (exact) mass is 480 g/mol. The number of hydrogen-bond acceptors (Lipinski definition) is 4. The second kappa shape index (κ2) is 12.4. The van der Waals surface area contributed by atoms with Crippen molar-refractivity contribution in [3.8, 4) is 0 Å². The number of carbonyl (C=O) groups excluding carboxylic acids is 2. The van der Waals surface area contributed by atoms with Crippen molar-refractivity contribution in [2.24, 2.45) is 0 Å². The molecule has 2 amide bonds. The minimum absolute atomic E-state index is 0.107. The van der Waals surface area contributed by atoms with E-state index in [1.165, 1.54) is 11.1 Å². The Morgan fingerprint density at radius 1 is 1.03 bits per heavy atom. The van der Waals surface area contributed by atoms with Crippen molar-refractivity contribution in [3.63, 3.8) is 0 Å². The highest BCUT2D eigenvalue weighted by molar-refractivity contribution is 9.10. The molecule has 2 atom stereocenters. The van der Waals surface area contributed by atoms with Crippen LogP contribution in [0, 0.1) is 0 Å². The Bertz CT molecular complexity index is 706. The fourth-order valence-corrected chi connectivity index (χ4v) is 4.52. The molecule has 0 radical (unpaired) electrons. The molecule has 2 N–H and O–H groups in total. The third kappa shape index (κ3) is 7.67. The average molecular weight is 481 g/mol. The van der Waals surface area contributed by atoms with E-state index in [4.69, 9.17) is 9.57 Å². The number of fused-ring (bicyclic) bond motifs is 1. The molecule has 1 aliphatic carbocycles. The fourth-order valence-electron chi connectivity index (χ4n) is 4.11. The van der Waals surface area contributed by atoms with E-state index in [9.17, 15) is 9.59 Å². The molecule has 3 rings (SSSR count). The van der Waals surface area contributed by atoms with Crippen LogP contribution in [0.25, 0.3) is 0 Å². The third-order valence-corrected chi connectivity index (χ3v) is 6.25. The Kier molecular flexibility index (Phi) is 9.62. The van der Waals surface area contributed by atoms with E-state index in [1.807, 2.05) is 6.07 Å². The van der Waals surface area contributed by atoms with Crippen LogP contribution < -0.4 is 10.8 Å². The molecule has 0 saturated carbocycles. The van der Waals surface area contributed by atoms with Gasteiger partial charge in [-0.05, 0) is 68.2 Å². The lowest BCUT2D eigenvalue weighted by Crippen LogP contribution is -2.32. The minimum Gasteiger partial charge on any atom is -0.350 e. The minimum atomic E-state index is -0.307. The van der Waals surface area contributed by atoms with Gasteiger partial charge >= 0.3 is 0 Å². The molecule has 1 aliphatic heterocycles. The Hall–Kier alpha value is -1.44. The van der Waals surface area contributed by atoms with Gasteiger partial charge in [-0.1, -0.05) is 34.8 Å². The van der Waals surface area contributed by atoms with Gasteiger partial charge in [0, 0.05) is 30.3 Å². The maximum atomic E-state index is 12.4. The second-order valence-electron chi connectivity index (χ2n) is 8.21. The van der Waals surface area contributed by atoms with E-state index in [2.05, 4.69) is 38.9 Å². The molecule has 1 aromatic rings. The number of rotatable bonds is 10. The van der Waals surface area contributed by atoms with Gasteiger partial charge in [0.05, 0.1) is 6.04 Å². The van der Waals surface area contributed by atoms with Crippen LogP contribution in [-0.4, -0.2) is 24.7 Å². The number of hydrogen-bond donors (Lipinski definition) is 2. The van der Waals surface area contributed by atoms with E-state index < -0.39 is 0 Å². The van der Waals surface area contributed by atoms with E-state index >= 15 is 0 Å². The first-order valence-corrected chi connectivity index (χ1v) is 12.0. The highest BCUT2D eigenvalue weighted by Crippen LogP contribution is 2.31. The predicted molar refractivity (Wildman–Crippen MR) is 118 cm³/mol. The van der Waals surface area contributed by atoms with Crippen molar-refractivity contribution >= 4 is 27.7 Å². The lowest BCUT2D eigenvalue weighted by molar-refractivity contribution is -0.200. The van der Waals surface area contributed by atoms with Gasteiger partial charge in [-0.3, -0.25) is 9.59 Å². The molecule has 30 heavy (non-hydrogen) atoms. The molecule has 7 heteroatoms. The first-order chi connectivity index (χ1) is 14.6. The number of hydroxylamine groups is 1. The number of carbonyl (C=O) groups is 2. The van der Waals surface area contributed by atoms with E-state index in [-0.39, 0.29) is 24.1 Å². The number of unbranched alkanes of at least 4 members (excludes halogenated alkanes) is 3. The van der Waals surface area contributed by atoms with Gasteiger partial charge in [-0.15, -0.1) is 0 Å². The van der Waals surface area contributed by atoms with Crippen LogP contribution in [0.5, 0.6) is 0 Å². The number of aryl methyl sites for hydroxylation is 1. The summed E-state index contributed by atoms with van der Waals surface area (Å²) in [6.07, 6.45) is 10.3. The van der Waals surface area contributed by atoms with Gasteiger partial charge in [0.2, 0.25) is 11.8 Å². The SMILES string of the molecule is O=C(CCCCCCC(=O)NC1CCCc2cc(Br)ccc21)NOC1CCCCO1. The highest BCUT2D eigenvalue weighted by atomic mass is 79.9. The first-order valence-electron chi connectivity index (χ1n) is 11.3. The van der Waals surface area contributed by atoms with Crippen molar-refractivity contribution < 1.29 is 19.2 Å². The molecule has 0 aromatic heterocycles. The molecule has 2 unspecified atom stereocenters. The maximum absolute atomic E-state index is 12.4. The molecule has 1 fully saturated rings. The number of nitrogens with one attached hydrogen (secondary N) is 2. The van der Waals surface area contributed by atoms with E-state index in [1.54, 1.807) is 0 Å². The number of halogens is 1. The lowest BCUT2D eigenvalue weighted by atomic mass is 9.87. The van der Waals surface area contributed by atoms with Gasteiger partial charge in [-0.25, -0.2) is 10.3 Å². The molecule has 6 nitrogen and oxygen atoms in total. The zero-order valence-electron chi connectivity index (χ0n) is 17.6. The van der Waals surface area contributed by atoms with Crippen LogP contribution in [0.4, 0.5) is 0 Å². The first kappa shape index (κ1) is 23.2. The summed E-state index contributed by atoms with van der Waals surface area (Å²) >= 11 is 3.53. The summed E-state index contributed by atoms with van der Waals surface area (Å²) in [6.45, 7) is 0.694. The summed E-state index contributed by atoms with van der Waals surface area (Å²) in [4.78, 5) is 29.4. The fraction of sp³-hybridized carbons (Fsp3) is 0.652. The van der Waals surface area contributed by atoms with Crippen molar-refractivity contribution in [1.29, 1.82) is 0 Å². The predicted octanol–water partition coefficient (Wildman–Crippen LogP) is 4.86. The Labute approximate surface area is 187 Å². The number of ether oxygens (including phenoxy) is 1. The van der Waals surface area contributed by atoms with Crippen molar-refractivity contribution in [1.82, 2.24) is 10.8 Å². The van der Waals surface area contributed by atoms with Crippen LogP contribution >= 0.6 is 15.9 Å². The quantitative estimate of drug-likeness (QED) is 0.370. The van der Waals surface area contributed by atoms with Crippen LogP contribution in [0.2, 0.25) is 0 Å². The summed E-state index contributed by atoms with van der Waals surface area (Å²) < 4.78 is 6.50. The molecule has 1 heterocycles. The third-order valence-electron chi connectivity index (χ3n) is 5.75. The molecule has 0 bridgehead atoms. The standard InChI is InChI=1S/C23H33BrN2O4/c24-18-13-14-19-17(16-18)8-7-9-20(19)25-21(27)10-3-1-2-4-11-22(28)26-30-23-12-5-6-15-29-23/h13-14,16,20,23H,1-12,15H2,(H,25,27)(H,26,28). The van der Waals surface area contributed by atoms with Crippen molar-refractivity contribution in [2.45, 2.75) is 89.4 Å². The van der Waals surface area contributed by atoms with Gasteiger partial charge in [-0.2, -0.15) is 0 Å². The summed E-state index contributed by atoms with van der Waals surface area (Å²) in [7, 11) is 0. The van der Waals surface area contributed by atoms with Gasteiger partial charge in [0.25, 0.3) is 0 Å². The smallest absolute Gasteiger partial charge is 0.243 e.